The molecule has 0 spiro atoms. The fourth-order valence-electron chi connectivity index (χ4n) is 7.33. The molecule has 2 N–H and O–H groups in total. The van der Waals surface area contributed by atoms with Crippen LogP contribution in [0.2, 0.25) is 10.0 Å². The molecule has 6 aromatic rings. The lowest BCUT2D eigenvalue weighted by atomic mass is 10.0. The lowest BCUT2D eigenvalue weighted by Gasteiger charge is -2.15. The minimum absolute atomic E-state index is 0.159. The molecule has 4 aromatic carbocycles. The first-order valence-electron chi connectivity index (χ1n) is 23.6. The molecule has 0 bridgehead atoms. The first kappa shape index (κ1) is 50.8. The lowest BCUT2D eigenvalue weighted by molar-refractivity contribution is 0.208. The molecule has 2 heterocycles. The normalized spacial score (nSPS) is 11.6. The highest BCUT2D eigenvalue weighted by molar-refractivity contribution is 7.99. The number of anilines is 1. The molecular weight excluding hydrogens is 914 g/mol. The van der Waals surface area contributed by atoms with E-state index in [1.807, 2.05) is 37.3 Å². The van der Waals surface area contributed by atoms with Crippen molar-refractivity contribution in [1.82, 2.24) is 19.8 Å². The molecule has 0 atom stereocenters. The number of aryl methyl sites for hydroxylation is 2. The van der Waals surface area contributed by atoms with Gasteiger partial charge in [0.2, 0.25) is 0 Å². The van der Waals surface area contributed by atoms with Crippen LogP contribution in [0.3, 0.4) is 0 Å². The second kappa shape index (κ2) is 26.1. The van der Waals surface area contributed by atoms with E-state index in [9.17, 15) is 8.42 Å². The number of fused-ring (bicyclic) bond motifs is 1. The molecule has 11 nitrogen and oxygen atoms in total. The molecule has 0 amide bonds. The number of aromatic amines is 1. The van der Waals surface area contributed by atoms with Crippen LogP contribution in [0, 0.1) is 6.92 Å². The maximum absolute atomic E-state index is 14.0. The molecule has 66 heavy (non-hydrogen) atoms. The van der Waals surface area contributed by atoms with Crippen LogP contribution in [-0.4, -0.2) is 54.7 Å². The highest BCUT2D eigenvalue weighted by Gasteiger charge is 2.24. The maximum atomic E-state index is 14.0. The van der Waals surface area contributed by atoms with Crippen molar-refractivity contribution in [3.05, 3.63) is 100 Å². The predicted molar refractivity (Wildman–Crippen MR) is 269 cm³/mol. The van der Waals surface area contributed by atoms with Crippen molar-refractivity contribution in [1.29, 1.82) is 0 Å². The summed E-state index contributed by atoms with van der Waals surface area (Å²) in [7, 11) is -3.97. The van der Waals surface area contributed by atoms with Gasteiger partial charge in [0.25, 0.3) is 15.9 Å². The number of nitrogens with zero attached hydrogens (tertiary/aromatic N) is 3. The van der Waals surface area contributed by atoms with Gasteiger partial charge in [-0.15, -0.1) is 9.73 Å². The molecule has 0 radical (unpaired) electrons. The Kier molecular flexibility index (Phi) is 20.1. The summed E-state index contributed by atoms with van der Waals surface area (Å²) in [4.78, 5) is 6.67. The Bertz CT molecular complexity index is 2550. The van der Waals surface area contributed by atoms with E-state index >= 15 is 0 Å². The van der Waals surface area contributed by atoms with Crippen molar-refractivity contribution < 1.29 is 27.4 Å². The third-order valence-corrected chi connectivity index (χ3v) is 14.3. The van der Waals surface area contributed by atoms with E-state index in [4.69, 9.17) is 52.2 Å². The number of hydrogen-bond donors (Lipinski definition) is 2. The third-order valence-electron chi connectivity index (χ3n) is 11.0. The van der Waals surface area contributed by atoms with Gasteiger partial charge in [0.15, 0.2) is 11.5 Å². The van der Waals surface area contributed by atoms with E-state index in [2.05, 4.69) is 36.7 Å². The summed E-state index contributed by atoms with van der Waals surface area (Å²) in [5, 5.41) is 8.85. The molecular formula is C51H65Cl2N5O6S2. The van der Waals surface area contributed by atoms with Crippen LogP contribution in [0.15, 0.2) is 93.5 Å². The van der Waals surface area contributed by atoms with Gasteiger partial charge in [-0.25, -0.2) is 13.4 Å². The molecule has 0 aliphatic rings. The average molecular weight is 979 g/mol. The molecule has 6 rings (SSSR count). The molecule has 0 fully saturated rings. The largest absolute Gasteiger partial charge is 0.492 e. The van der Waals surface area contributed by atoms with Gasteiger partial charge in [-0.1, -0.05) is 138 Å². The third kappa shape index (κ3) is 15.0. The van der Waals surface area contributed by atoms with Crippen LogP contribution in [0.4, 0.5) is 5.69 Å². The van der Waals surface area contributed by atoms with Crippen LogP contribution in [0.5, 0.6) is 23.1 Å². The van der Waals surface area contributed by atoms with Crippen LogP contribution < -0.4 is 23.7 Å². The van der Waals surface area contributed by atoms with E-state index in [1.54, 1.807) is 47.1 Å². The van der Waals surface area contributed by atoms with Crippen molar-refractivity contribution >= 4 is 56.3 Å². The number of ether oxygens (including phenoxy) is 4. The molecule has 0 saturated carbocycles. The van der Waals surface area contributed by atoms with E-state index in [0.29, 0.717) is 62.7 Å². The Morgan fingerprint density at radius 1 is 0.667 bits per heavy atom. The average Bonchev–Trinajstić information content (AvgIpc) is 3.86. The summed E-state index contributed by atoms with van der Waals surface area (Å²) < 4.78 is 57.0. The Labute approximate surface area is 405 Å². The van der Waals surface area contributed by atoms with Gasteiger partial charge in [-0.05, 0) is 110 Å². The number of halogens is 2. The molecule has 2 aromatic heterocycles. The Morgan fingerprint density at radius 2 is 1.33 bits per heavy atom. The molecule has 0 unspecified atom stereocenters. The van der Waals surface area contributed by atoms with Gasteiger partial charge >= 0.3 is 0 Å². The Hall–Kier alpha value is -4.56. The van der Waals surface area contributed by atoms with Gasteiger partial charge in [-0.3, -0.25) is 9.82 Å². The van der Waals surface area contributed by atoms with Gasteiger partial charge in [0.05, 0.1) is 28.2 Å². The van der Waals surface area contributed by atoms with Crippen LogP contribution in [0.25, 0.3) is 17.0 Å². The zero-order chi connectivity index (χ0) is 46.7. The lowest BCUT2D eigenvalue weighted by Crippen LogP contribution is -2.15. The maximum Gasteiger partial charge on any atom is 0.265 e. The zero-order valence-corrected chi connectivity index (χ0v) is 41.9. The highest BCUT2D eigenvalue weighted by atomic mass is 35.5. The van der Waals surface area contributed by atoms with E-state index in [-0.39, 0.29) is 18.1 Å². The summed E-state index contributed by atoms with van der Waals surface area (Å²) in [5.74, 6) is 2.64. The van der Waals surface area contributed by atoms with Crippen LogP contribution in [0.1, 0.15) is 122 Å². The fourth-order valence-corrected chi connectivity index (χ4v) is 9.98. The summed E-state index contributed by atoms with van der Waals surface area (Å²) in [5.41, 5.74) is 3.81. The summed E-state index contributed by atoms with van der Waals surface area (Å²) in [6.45, 7) is 10.0. The second-order valence-electron chi connectivity index (χ2n) is 16.6. The van der Waals surface area contributed by atoms with Crippen molar-refractivity contribution in [3.8, 4) is 34.5 Å². The van der Waals surface area contributed by atoms with E-state index in [1.165, 1.54) is 56.7 Å². The first-order chi connectivity index (χ1) is 32.1. The number of unbranched alkanes of at least 4 members (excludes halogenated alkanes) is 11. The number of nitrogens with one attached hydrogen (secondary N) is 2. The van der Waals surface area contributed by atoms with Gasteiger partial charge in [-0.2, -0.15) is 0 Å². The van der Waals surface area contributed by atoms with E-state index in [0.717, 1.165) is 78.7 Å². The number of rotatable bonds is 30. The number of sulfonamides is 1. The minimum atomic E-state index is -3.97. The highest BCUT2D eigenvalue weighted by Crippen LogP contribution is 2.42. The summed E-state index contributed by atoms with van der Waals surface area (Å²) >= 11 is 14.0. The molecule has 0 saturated heterocycles. The van der Waals surface area contributed by atoms with Gasteiger partial charge < -0.3 is 18.9 Å². The van der Waals surface area contributed by atoms with Crippen molar-refractivity contribution in [2.75, 3.05) is 31.1 Å². The molecule has 0 aliphatic carbocycles. The van der Waals surface area contributed by atoms with Crippen molar-refractivity contribution in [2.24, 2.45) is 0 Å². The summed E-state index contributed by atoms with van der Waals surface area (Å²) in [6.07, 6.45) is 16.5. The van der Waals surface area contributed by atoms with E-state index < -0.39 is 10.0 Å². The monoisotopic (exact) mass is 977 g/mol. The van der Waals surface area contributed by atoms with Crippen LogP contribution in [-0.2, 0) is 16.4 Å². The molecule has 15 heteroatoms. The minimum Gasteiger partial charge on any atom is -0.492 e. The number of aromatic nitrogens is 4. The smallest absolute Gasteiger partial charge is 0.265 e. The SMILES string of the molecule is CCCCCCCCOc1ccc(CCCCCCCC)cc1S(=O)(=O)Nc1ccc(OCCOc2nn3[nH]c(-c4ccc(Cl)c(Cl)c4)nc3c2Sc2cc(C)ccc2OCCCC)cc1. The fraction of sp³-hybridized carbons (Fsp3) is 0.451. The predicted octanol–water partition coefficient (Wildman–Crippen LogP) is 14.6. The van der Waals surface area contributed by atoms with Crippen molar-refractivity contribution in [3.63, 3.8) is 0 Å². The number of benzene rings is 4. The molecule has 356 valence electrons. The van der Waals surface area contributed by atoms with Gasteiger partial charge in [0.1, 0.15) is 40.3 Å². The standard InChI is InChI=1S/C51H65Cl2N5O6S2/c1-5-8-11-13-15-17-19-38-21-29-45(63-31-18-16-14-12-9-6-2)47(35-38)66(59,60)57-40-23-25-41(26-24-40)61-32-33-64-51-48(65-46-34-37(4)20-28-44(46)62-30-10-7-3)50-54-49(55-58(50)56-51)39-22-27-42(52)43(53)36-39/h20-29,34-36,57H,5-19,30-33H2,1-4H3,(H,54,55). The van der Waals surface area contributed by atoms with Crippen molar-refractivity contribution in [2.45, 2.75) is 139 Å². The number of hydrogen-bond acceptors (Lipinski definition) is 9. The molecule has 0 aliphatic heterocycles. The van der Waals surface area contributed by atoms with Crippen LogP contribution >= 0.6 is 35.0 Å². The first-order valence-corrected chi connectivity index (χ1v) is 26.6. The zero-order valence-electron chi connectivity index (χ0n) is 38.8. The Balaban J connectivity index is 1.11. The topological polar surface area (TPSA) is 129 Å². The number of H-pyrrole nitrogens is 1. The second-order valence-corrected chi connectivity index (χ2v) is 20.1. The quantitative estimate of drug-likeness (QED) is 0.0424. The summed E-state index contributed by atoms with van der Waals surface area (Å²) in [6, 6.07) is 23.9. The van der Waals surface area contributed by atoms with Gasteiger partial charge in [0, 0.05) is 11.3 Å². The Morgan fingerprint density at radius 3 is 2.08 bits per heavy atom.